The van der Waals surface area contributed by atoms with Crippen molar-refractivity contribution in [2.24, 2.45) is 5.92 Å². The van der Waals surface area contributed by atoms with E-state index in [1.807, 2.05) is 0 Å². The van der Waals surface area contributed by atoms with Gasteiger partial charge in [0.05, 0.1) is 5.69 Å². The lowest BCUT2D eigenvalue weighted by Gasteiger charge is -2.21. The lowest BCUT2D eigenvalue weighted by atomic mass is 9.96. The predicted molar refractivity (Wildman–Crippen MR) is 75.1 cm³/mol. The van der Waals surface area contributed by atoms with Crippen LogP contribution in [0.1, 0.15) is 36.8 Å². The van der Waals surface area contributed by atoms with Crippen molar-refractivity contribution in [2.45, 2.75) is 39.5 Å². The minimum Gasteiger partial charge on any atom is -0.316 e. The number of rotatable bonds is 4. The van der Waals surface area contributed by atoms with Crippen molar-refractivity contribution < 1.29 is 4.79 Å². The molecule has 0 radical (unpaired) electrons. The number of hydrogen-bond acceptors (Lipinski definition) is 4. The van der Waals surface area contributed by atoms with Gasteiger partial charge in [-0.2, -0.15) is 0 Å². The van der Waals surface area contributed by atoms with Crippen molar-refractivity contribution in [2.75, 3.05) is 18.4 Å². The summed E-state index contributed by atoms with van der Waals surface area (Å²) in [6.07, 6.45) is 3.85. The maximum absolute atomic E-state index is 11.9. The molecule has 0 spiro atoms. The first kappa shape index (κ1) is 13.5. The van der Waals surface area contributed by atoms with Crippen molar-refractivity contribution in [3.8, 4) is 0 Å². The van der Waals surface area contributed by atoms with E-state index in [0.29, 0.717) is 12.3 Å². The van der Waals surface area contributed by atoms with Crippen molar-refractivity contribution in [3.05, 3.63) is 10.6 Å². The first-order chi connectivity index (χ1) is 8.69. The van der Waals surface area contributed by atoms with Crippen molar-refractivity contribution in [1.29, 1.82) is 0 Å². The number of aromatic nitrogens is 1. The molecule has 1 unspecified atom stereocenters. The minimum atomic E-state index is 0.0973. The summed E-state index contributed by atoms with van der Waals surface area (Å²) in [5, 5.41) is 7.01. The summed E-state index contributed by atoms with van der Waals surface area (Å²) < 4.78 is 0. The van der Waals surface area contributed by atoms with Gasteiger partial charge in [-0.05, 0) is 45.2 Å². The van der Waals surface area contributed by atoms with Gasteiger partial charge in [0.15, 0.2) is 5.13 Å². The van der Waals surface area contributed by atoms with Gasteiger partial charge in [0.25, 0.3) is 0 Å². The van der Waals surface area contributed by atoms with E-state index in [2.05, 4.69) is 29.5 Å². The Balaban J connectivity index is 1.86. The second-order valence-corrected chi connectivity index (χ2v) is 6.04. The maximum atomic E-state index is 11.9. The molecule has 4 nitrogen and oxygen atoms in total. The molecule has 2 N–H and O–H groups in total. The second-order valence-electron chi connectivity index (χ2n) is 4.84. The van der Waals surface area contributed by atoms with E-state index in [-0.39, 0.29) is 5.91 Å². The number of piperidine rings is 1. The molecule has 100 valence electrons. The number of aryl methyl sites for hydroxylation is 2. The zero-order valence-electron chi connectivity index (χ0n) is 11.1. The lowest BCUT2D eigenvalue weighted by Crippen LogP contribution is -2.32. The molecule has 2 heterocycles. The van der Waals surface area contributed by atoms with E-state index in [4.69, 9.17) is 0 Å². The average molecular weight is 267 g/mol. The third kappa shape index (κ3) is 3.53. The van der Waals surface area contributed by atoms with Gasteiger partial charge in [0.2, 0.25) is 5.91 Å². The van der Waals surface area contributed by atoms with Crippen LogP contribution in [0.3, 0.4) is 0 Å². The van der Waals surface area contributed by atoms with E-state index in [0.717, 1.165) is 36.8 Å². The highest BCUT2D eigenvalue weighted by molar-refractivity contribution is 7.15. The molecular formula is C13H21N3OS. The van der Waals surface area contributed by atoms with Gasteiger partial charge in [0.1, 0.15) is 0 Å². The van der Waals surface area contributed by atoms with Crippen LogP contribution in [0, 0.1) is 12.8 Å². The average Bonchev–Trinajstić information content (AvgIpc) is 2.70. The lowest BCUT2D eigenvalue weighted by molar-refractivity contribution is -0.117. The van der Waals surface area contributed by atoms with E-state index in [1.165, 1.54) is 11.3 Å². The number of nitrogens with zero attached hydrogens (tertiary/aromatic N) is 1. The van der Waals surface area contributed by atoms with Gasteiger partial charge in [-0.25, -0.2) is 4.98 Å². The minimum absolute atomic E-state index is 0.0973. The highest BCUT2D eigenvalue weighted by Crippen LogP contribution is 2.23. The number of hydrogen-bond donors (Lipinski definition) is 2. The van der Waals surface area contributed by atoms with Crippen LogP contribution in [0.25, 0.3) is 0 Å². The van der Waals surface area contributed by atoms with Crippen LogP contribution >= 0.6 is 11.3 Å². The van der Waals surface area contributed by atoms with Crippen molar-refractivity contribution in [1.82, 2.24) is 10.3 Å². The Morgan fingerprint density at radius 1 is 1.61 bits per heavy atom. The number of thiazole rings is 1. The van der Waals surface area contributed by atoms with Crippen LogP contribution in [-0.2, 0) is 11.2 Å². The predicted octanol–water partition coefficient (Wildman–Crippen LogP) is 2.34. The monoisotopic (exact) mass is 267 g/mol. The Morgan fingerprint density at radius 3 is 3.06 bits per heavy atom. The standard InChI is InChI=1S/C13H21N3OS/c1-3-11-9(2)18-13(15-11)16-12(17)7-10-5-4-6-14-8-10/h10,14H,3-8H2,1-2H3,(H,15,16,17). The smallest absolute Gasteiger partial charge is 0.226 e. The van der Waals surface area contributed by atoms with Gasteiger partial charge in [-0.15, -0.1) is 11.3 Å². The topological polar surface area (TPSA) is 54.0 Å². The Hall–Kier alpha value is -0.940. The largest absolute Gasteiger partial charge is 0.316 e. The van der Waals surface area contributed by atoms with Gasteiger partial charge in [0, 0.05) is 11.3 Å². The van der Waals surface area contributed by atoms with Gasteiger partial charge < -0.3 is 10.6 Å². The van der Waals surface area contributed by atoms with Crippen LogP contribution in [0.2, 0.25) is 0 Å². The Morgan fingerprint density at radius 2 is 2.44 bits per heavy atom. The molecule has 18 heavy (non-hydrogen) atoms. The van der Waals surface area contributed by atoms with Crippen LogP contribution in [-0.4, -0.2) is 24.0 Å². The van der Waals surface area contributed by atoms with Gasteiger partial charge in [-0.1, -0.05) is 6.92 Å². The molecule has 1 amide bonds. The zero-order valence-corrected chi connectivity index (χ0v) is 11.9. The SMILES string of the molecule is CCc1nc(NC(=O)CC2CCCNC2)sc1C. The summed E-state index contributed by atoms with van der Waals surface area (Å²) >= 11 is 1.57. The molecule has 1 atom stereocenters. The van der Waals surface area contributed by atoms with Crippen LogP contribution < -0.4 is 10.6 Å². The number of carbonyl (C=O) groups is 1. The highest BCUT2D eigenvalue weighted by atomic mass is 32.1. The third-order valence-corrected chi connectivity index (χ3v) is 4.28. The second kappa shape index (κ2) is 6.29. The van der Waals surface area contributed by atoms with Crippen LogP contribution in [0.4, 0.5) is 5.13 Å². The zero-order chi connectivity index (χ0) is 13.0. The summed E-state index contributed by atoms with van der Waals surface area (Å²) in [6, 6.07) is 0. The third-order valence-electron chi connectivity index (χ3n) is 3.35. The fourth-order valence-corrected chi connectivity index (χ4v) is 3.26. The molecular weight excluding hydrogens is 246 g/mol. The molecule has 0 saturated carbocycles. The number of carbonyl (C=O) groups excluding carboxylic acids is 1. The Kier molecular flexibility index (Phi) is 4.72. The Labute approximate surface area is 112 Å². The molecule has 1 aliphatic rings. The van der Waals surface area contributed by atoms with Crippen LogP contribution in [0.15, 0.2) is 0 Å². The molecule has 0 aromatic carbocycles. The molecule has 1 aromatic rings. The first-order valence-electron chi connectivity index (χ1n) is 6.66. The normalized spacial score (nSPS) is 19.8. The number of anilines is 1. The van der Waals surface area contributed by atoms with E-state index < -0.39 is 0 Å². The van der Waals surface area contributed by atoms with Crippen molar-refractivity contribution in [3.63, 3.8) is 0 Å². The van der Waals surface area contributed by atoms with E-state index in [1.54, 1.807) is 11.3 Å². The summed E-state index contributed by atoms with van der Waals surface area (Å²) in [6.45, 7) is 6.19. The fourth-order valence-electron chi connectivity index (χ4n) is 2.34. The molecule has 5 heteroatoms. The quantitative estimate of drug-likeness (QED) is 0.880. The summed E-state index contributed by atoms with van der Waals surface area (Å²) in [4.78, 5) is 17.6. The fraction of sp³-hybridized carbons (Fsp3) is 0.692. The van der Waals surface area contributed by atoms with E-state index >= 15 is 0 Å². The number of nitrogens with one attached hydrogen (secondary N) is 2. The molecule has 1 aliphatic heterocycles. The highest BCUT2D eigenvalue weighted by Gasteiger charge is 2.17. The first-order valence-corrected chi connectivity index (χ1v) is 7.47. The molecule has 0 aliphatic carbocycles. The molecule has 1 saturated heterocycles. The van der Waals surface area contributed by atoms with E-state index in [9.17, 15) is 4.79 Å². The van der Waals surface area contributed by atoms with Gasteiger partial charge in [-0.3, -0.25) is 4.79 Å². The molecule has 1 aromatic heterocycles. The van der Waals surface area contributed by atoms with Crippen molar-refractivity contribution >= 4 is 22.4 Å². The molecule has 0 bridgehead atoms. The summed E-state index contributed by atoms with van der Waals surface area (Å²) in [7, 11) is 0. The molecule has 1 fully saturated rings. The van der Waals surface area contributed by atoms with Crippen LogP contribution in [0.5, 0.6) is 0 Å². The summed E-state index contributed by atoms with van der Waals surface area (Å²) in [5.74, 6) is 0.575. The summed E-state index contributed by atoms with van der Waals surface area (Å²) in [5.41, 5.74) is 1.09. The maximum Gasteiger partial charge on any atom is 0.226 e. The van der Waals surface area contributed by atoms with Gasteiger partial charge >= 0.3 is 0 Å². The number of amides is 1. The molecule has 2 rings (SSSR count). The Bertz CT molecular complexity index is 410.